The largest absolute Gasteiger partial charge is 0.506 e. The molecule has 3 nitrogen and oxygen atoms in total. The number of hydrogen-bond acceptors (Lipinski definition) is 3. The van der Waals surface area contributed by atoms with E-state index in [9.17, 15) is 9.50 Å². The molecule has 1 aromatic rings. The van der Waals surface area contributed by atoms with Gasteiger partial charge in [-0.2, -0.15) is 0 Å². The van der Waals surface area contributed by atoms with Crippen molar-refractivity contribution < 1.29 is 9.50 Å². The molecule has 0 bridgehead atoms. The smallest absolute Gasteiger partial charge is 0.137 e. The van der Waals surface area contributed by atoms with Crippen LogP contribution in [0.2, 0.25) is 0 Å². The van der Waals surface area contributed by atoms with Gasteiger partial charge in [-0.05, 0) is 34.5 Å². The van der Waals surface area contributed by atoms with Crippen molar-refractivity contribution in [2.45, 2.75) is 12.5 Å². The maximum absolute atomic E-state index is 14.1. The summed E-state index contributed by atoms with van der Waals surface area (Å²) < 4.78 is 14.6. The van der Waals surface area contributed by atoms with Gasteiger partial charge in [0.1, 0.15) is 11.6 Å². The third-order valence-corrected chi connectivity index (χ3v) is 4.07. The highest BCUT2D eigenvalue weighted by Crippen LogP contribution is 2.38. The van der Waals surface area contributed by atoms with Crippen LogP contribution in [0.5, 0.6) is 5.75 Å². The van der Waals surface area contributed by atoms with Gasteiger partial charge in [-0.3, -0.25) is 4.90 Å². The lowest BCUT2D eigenvalue weighted by atomic mass is 9.99. The van der Waals surface area contributed by atoms with E-state index < -0.39 is 0 Å². The molecule has 0 aromatic heterocycles. The van der Waals surface area contributed by atoms with Gasteiger partial charge >= 0.3 is 0 Å². The molecule has 1 aliphatic rings. The Morgan fingerprint density at radius 2 is 2.16 bits per heavy atom. The van der Waals surface area contributed by atoms with E-state index in [1.54, 1.807) is 6.08 Å². The van der Waals surface area contributed by atoms with Gasteiger partial charge in [-0.1, -0.05) is 6.08 Å². The van der Waals surface area contributed by atoms with Gasteiger partial charge in [0.25, 0.3) is 0 Å². The summed E-state index contributed by atoms with van der Waals surface area (Å²) in [4.78, 5) is 2.18. The Morgan fingerprint density at radius 3 is 2.79 bits per heavy atom. The van der Waals surface area contributed by atoms with Gasteiger partial charge in [-0.15, -0.1) is 6.58 Å². The zero-order chi connectivity index (χ0) is 13.8. The summed E-state index contributed by atoms with van der Waals surface area (Å²) in [5, 5.41) is 13.4. The van der Waals surface area contributed by atoms with Crippen LogP contribution < -0.4 is 5.32 Å². The highest BCUT2D eigenvalue weighted by atomic mass is 79.9. The SMILES string of the molecule is C=CC[C@@H](c1c(F)ccc(Br)c1O)N1CCNCC1. The van der Waals surface area contributed by atoms with Crippen LogP contribution in [0, 0.1) is 5.82 Å². The summed E-state index contributed by atoms with van der Waals surface area (Å²) in [6.07, 6.45) is 2.38. The molecule has 104 valence electrons. The van der Waals surface area contributed by atoms with Gasteiger partial charge in [0.2, 0.25) is 0 Å². The molecular formula is C14H18BrFN2O. The Kier molecular flexibility index (Phi) is 4.96. The molecule has 1 heterocycles. The van der Waals surface area contributed by atoms with Crippen LogP contribution >= 0.6 is 15.9 Å². The highest BCUT2D eigenvalue weighted by Gasteiger charge is 2.27. The molecular weight excluding hydrogens is 311 g/mol. The number of aromatic hydroxyl groups is 1. The van der Waals surface area contributed by atoms with Crippen LogP contribution in [-0.4, -0.2) is 36.2 Å². The molecule has 2 rings (SSSR count). The zero-order valence-corrected chi connectivity index (χ0v) is 12.3. The molecule has 0 aliphatic carbocycles. The van der Waals surface area contributed by atoms with Gasteiger partial charge in [0.05, 0.1) is 4.47 Å². The third-order valence-electron chi connectivity index (χ3n) is 3.43. The molecule has 0 spiro atoms. The number of phenols is 1. The van der Waals surface area contributed by atoms with Crippen LogP contribution in [0.25, 0.3) is 0 Å². The minimum Gasteiger partial charge on any atom is -0.506 e. The molecule has 0 amide bonds. The summed E-state index contributed by atoms with van der Waals surface area (Å²) >= 11 is 3.25. The molecule has 1 atom stereocenters. The second kappa shape index (κ2) is 6.50. The predicted molar refractivity (Wildman–Crippen MR) is 77.8 cm³/mol. The maximum Gasteiger partial charge on any atom is 0.137 e. The van der Waals surface area contributed by atoms with Crippen molar-refractivity contribution in [1.29, 1.82) is 0 Å². The third kappa shape index (κ3) is 3.16. The average Bonchev–Trinajstić information content (AvgIpc) is 2.43. The summed E-state index contributed by atoms with van der Waals surface area (Å²) in [6.45, 7) is 7.18. The monoisotopic (exact) mass is 328 g/mol. The second-order valence-electron chi connectivity index (χ2n) is 4.62. The zero-order valence-electron chi connectivity index (χ0n) is 10.7. The first-order valence-corrected chi connectivity index (χ1v) is 7.17. The van der Waals surface area contributed by atoms with E-state index in [4.69, 9.17) is 0 Å². The van der Waals surface area contributed by atoms with Crippen LogP contribution in [0.1, 0.15) is 18.0 Å². The first kappa shape index (κ1) is 14.5. The van der Waals surface area contributed by atoms with Crippen molar-refractivity contribution >= 4 is 15.9 Å². The Balaban J connectivity index is 2.37. The second-order valence-corrected chi connectivity index (χ2v) is 5.47. The fourth-order valence-electron chi connectivity index (χ4n) is 2.47. The molecule has 2 N–H and O–H groups in total. The summed E-state index contributed by atoms with van der Waals surface area (Å²) in [5.41, 5.74) is 0.358. The van der Waals surface area contributed by atoms with Crippen LogP contribution in [-0.2, 0) is 0 Å². The summed E-state index contributed by atoms with van der Waals surface area (Å²) in [7, 11) is 0. The van der Waals surface area contributed by atoms with E-state index in [0.29, 0.717) is 16.5 Å². The molecule has 0 unspecified atom stereocenters. The van der Waals surface area contributed by atoms with Gasteiger partial charge in [0, 0.05) is 37.8 Å². The number of rotatable bonds is 4. The number of nitrogens with one attached hydrogen (secondary N) is 1. The minimum atomic E-state index is -0.369. The minimum absolute atomic E-state index is 0.00890. The lowest BCUT2D eigenvalue weighted by molar-refractivity contribution is 0.168. The van der Waals surface area contributed by atoms with Crippen molar-refractivity contribution in [3.63, 3.8) is 0 Å². The Hall–Kier alpha value is -0.910. The fourth-order valence-corrected chi connectivity index (χ4v) is 2.82. The number of hydrogen-bond donors (Lipinski definition) is 2. The topological polar surface area (TPSA) is 35.5 Å². The molecule has 1 fully saturated rings. The summed E-state index contributed by atoms with van der Waals surface area (Å²) in [5.74, 6) is -0.378. The Morgan fingerprint density at radius 1 is 1.47 bits per heavy atom. The first-order valence-electron chi connectivity index (χ1n) is 6.37. The van der Waals surface area contributed by atoms with Gasteiger partial charge in [-0.25, -0.2) is 4.39 Å². The standard InChI is InChI=1S/C14H18BrFN2O/c1-2-3-12(18-8-6-17-7-9-18)13-11(16)5-4-10(15)14(13)19/h2,4-5,12,17,19H,1,3,6-9H2/t12-/m0/s1. The summed E-state index contributed by atoms with van der Waals surface area (Å²) in [6, 6.07) is 2.74. The first-order chi connectivity index (χ1) is 9.15. The van der Waals surface area contributed by atoms with E-state index in [1.807, 2.05) is 0 Å². The predicted octanol–water partition coefficient (Wildman–Crippen LogP) is 2.82. The van der Waals surface area contributed by atoms with E-state index in [0.717, 1.165) is 26.2 Å². The lowest BCUT2D eigenvalue weighted by Crippen LogP contribution is -2.45. The van der Waals surface area contributed by atoms with Crippen molar-refractivity contribution in [2.75, 3.05) is 26.2 Å². The van der Waals surface area contributed by atoms with Crippen molar-refractivity contribution in [2.24, 2.45) is 0 Å². The normalized spacial score (nSPS) is 18.2. The van der Waals surface area contributed by atoms with Gasteiger partial charge < -0.3 is 10.4 Å². The molecule has 0 radical (unpaired) electrons. The molecule has 5 heteroatoms. The van der Waals surface area contributed by atoms with E-state index in [-0.39, 0.29) is 17.6 Å². The van der Waals surface area contributed by atoms with E-state index >= 15 is 0 Å². The highest BCUT2D eigenvalue weighted by molar-refractivity contribution is 9.10. The van der Waals surface area contributed by atoms with E-state index in [2.05, 4.69) is 32.7 Å². The average molecular weight is 329 g/mol. The number of benzene rings is 1. The van der Waals surface area contributed by atoms with Crippen LogP contribution in [0.4, 0.5) is 4.39 Å². The quantitative estimate of drug-likeness (QED) is 0.834. The number of nitrogens with zero attached hydrogens (tertiary/aromatic N) is 1. The molecule has 19 heavy (non-hydrogen) atoms. The van der Waals surface area contributed by atoms with Crippen LogP contribution in [0.15, 0.2) is 29.3 Å². The number of piperazine rings is 1. The number of phenolic OH excluding ortho intramolecular Hbond substituents is 1. The number of halogens is 2. The maximum atomic E-state index is 14.1. The molecule has 1 aliphatic heterocycles. The van der Waals surface area contributed by atoms with Crippen LogP contribution in [0.3, 0.4) is 0 Å². The van der Waals surface area contributed by atoms with E-state index in [1.165, 1.54) is 12.1 Å². The Labute approximate surface area is 121 Å². The van der Waals surface area contributed by atoms with Gasteiger partial charge in [0.15, 0.2) is 0 Å². The molecule has 1 aromatic carbocycles. The Bertz CT molecular complexity index is 461. The molecule has 0 saturated carbocycles. The van der Waals surface area contributed by atoms with Crippen molar-refractivity contribution in [3.05, 3.63) is 40.6 Å². The lowest BCUT2D eigenvalue weighted by Gasteiger charge is -2.35. The molecule has 1 saturated heterocycles. The van der Waals surface area contributed by atoms with Crippen molar-refractivity contribution in [3.8, 4) is 5.75 Å². The van der Waals surface area contributed by atoms with Crippen molar-refractivity contribution in [1.82, 2.24) is 10.2 Å². The fraction of sp³-hybridized carbons (Fsp3) is 0.429.